The van der Waals surface area contributed by atoms with Gasteiger partial charge in [0.1, 0.15) is 0 Å². The Labute approximate surface area is 335 Å². The molecule has 4 aromatic rings. The summed E-state index contributed by atoms with van der Waals surface area (Å²) in [6.45, 7) is 20.1. The molecule has 0 aromatic heterocycles. The predicted molar refractivity (Wildman–Crippen MR) is 240 cm³/mol. The number of benzene rings is 4. The molecule has 4 rings (SSSR count). The highest BCUT2D eigenvalue weighted by molar-refractivity contribution is 7.91. The quantitative estimate of drug-likeness (QED) is 0.0469. The first-order valence-corrected chi connectivity index (χ1v) is 24.6. The van der Waals surface area contributed by atoms with Crippen LogP contribution in [-0.4, -0.2) is 89.7 Å². The molecule has 0 saturated heterocycles. The molecule has 0 aliphatic heterocycles. The highest BCUT2D eigenvalue weighted by Crippen LogP contribution is 2.67. The average molecular weight is 789 g/mol. The smallest absolute Gasteiger partial charge is 0.0997 e. The van der Waals surface area contributed by atoms with Crippen LogP contribution < -0.4 is 21.2 Å². The summed E-state index contributed by atoms with van der Waals surface area (Å²) in [5, 5.41) is 6.11. The molecular weight excluding hydrogens is 718 g/mol. The van der Waals surface area contributed by atoms with Crippen molar-refractivity contribution in [1.29, 1.82) is 0 Å². The van der Waals surface area contributed by atoms with Crippen molar-refractivity contribution in [2.75, 3.05) is 84.6 Å². The van der Waals surface area contributed by atoms with Crippen molar-refractivity contribution >= 4 is 35.7 Å². The molecule has 300 valence electrons. The van der Waals surface area contributed by atoms with Crippen LogP contribution in [0.15, 0.2) is 121 Å². The van der Waals surface area contributed by atoms with E-state index in [1.165, 1.54) is 46.4 Å². The van der Waals surface area contributed by atoms with Gasteiger partial charge < -0.3 is 23.7 Å². The summed E-state index contributed by atoms with van der Waals surface area (Å²) in [4.78, 5) is 0. The first-order chi connectivity index (χ1) is 26.6. The minimum Gasteiger partial charge on any atom is -0.379 e. The maximum atomic E-state index is 6.31. The number of hydrogen-bond donors (Lipinski definition) is 0. The molecule has 0 radical (unpaired) electrons. The van der Waals surface area contributed by atoms with E-state index < -0.39 is 14.5 Å². The van der Waals surface area contributed by atoms with Gasteiger partial charge in [-0.1, -0.05) is 93.6 Å². The summed E-state index contributed by atoms with van der Waals surface area (Å²) in [7, 11) is -3.47. The fourth-order valence-corrected chi connectivity index (χ4v) is 16.7. The zero-order valence-corrected chi connectivity index (χ0v) is 36.6. The second-order valence-corrected chi connectivity index (χ2v) is 24.8. The van der Waals surface area contributed by atoms with Crippen LogP contribution in [0.3, 0.4) is 0 Å². The van der Waals surface area contributed by atoms with E-state index in [1.807, 2.05) is 0 Å². The van der Waals surface area contributed by atoms with E-state index in [1.54, 1.807) is 0 Å². The van der Waals surface area contributed by atoms with Crippen molar-refractivity contribution in [3.05, 3.63) is 121 Å². The van der Waals surface area contributed by atoms with Gasteiger partial charge in [-0.25, -0.2) is 0 Å². The SMILES string of the molecule is CC(C)(C)CCOCCOCCOCCOCCOCC[P+](CCCC[P+](c1ccccc1)(c1ccccc1)C(C)(C)C)(c1ccccc1)c1ccccc1. The van der Waals surface area contributed by atoms with Crippen molar-refractivity contribution in [2.45, 2.75) is 66.0 Å². The zero-order valence-electron chi connectivity index (χ0n) is 34.8. The first-order valence-electron chi connectivity index (χ1n) is 20.4. The molecule has 0 N–H and O–H groups in total. The molecule has 55 heavy (non-hydrogen) atoms. The van der Waals surface area contributed by atoms with Crippen molar-refractivity contribution < 1.29 is 23.7 Å². The Morgan fingerprint density at radius 1 is 0.364 bits per heavy atom. The maximum Gasteiger partial charge on any atom is 0.0997 e. The average Bonchev–Trinajstić information content (AvgIpc) is 3.19. The molecule has 0 amide bonds. The third-order valence-electron chi connectivity index (χ3n) is 10.4. The van der Waals surface area contributed by atoms with Gasteiger partial charge in [0.25, 0.3) is 0 Å². The Hall–Kier alpha value is -2.46. The van der Waals surface area contributed by atoms with Crippen LogP contribution in [0.2, 0.25) is 0 Å². The molecule has 0 spiro atoms. The highest BCUT2D eigenvalue weighted by atomic mass is 31.2. The van der Waals surface area contributed by atoms with E-state index in [9.17, 15) is 0 Å². The van der Waals surface area contributed by atoms with Crippen molar-refractivity contribution in [1.82, 2.24) is 0 Å². The van der Waals surface area contributed by atoms with Crippen LogP contribution in [0.4, 0.5) is 0 Å². The lowest BCUT2D eigenvalue weighted by Crippen LogP contribution is -2.38. The molecule has 0 bridgehead atoms. The van der Waals surface area contributed by atoms with Crippen LogP contribution in [-0.2, 0) is 23.7 Å². The Kier molecular flexibility index (Phi) is 19.5. The monoisotopic (exact) mass is 788 g/mol. The highest BCUT2D eigenvalue weighted by Gasteiger charge is 2.52. The van der Waals surface area contributed by atoms with Gasteiger partial charge in [0.15, 0.2) is 0 Å². The lowest BCUT2D eigenvalue weighted by atomic mass is 9.93. The number of hydrogen-bond acceptors (Lipinski definition) is 5. The number of unbranched alkanes of at least 4 members (excludes halogenated alkanes) is 1. The summed E-state index contributed by atoms with van der Waals surface area (Å²) in [5.74, 6) is 0. The van der Waals surface area contributed by atoms with Gasteiger partial charge in [-0.3, -0.25) is 0 Å². The molecule has 0 unspecified atom stereocenters. The van der Waals surface area contributed by atoms with E-state index in [4.69, 9.17) is 23.7 Å². The minimum atomic E-state index is -1.76. The van der Waals surface area contributed by atoms with E-state index in [0.717, 1.165) is 19.2 Å². The largest absolute Gasteiger partial charge is 0.379 e. The van der Waals surface area contributed by atoms with Gasteiger partial charge in [-0.05, 0) is 94.0 Å². The third-order valence-corrected chi connectivity index (χ3v) is 20.7. The molecule has 5 nitrogen and oxygen atoms in total. The van der Waals surface area contributed by atoms with Gasteiger partial charge in [0, 0.05) is 6.61 Å². The van der Waals surface area contributed by atoms with Gasteiger partial charge in [0.05, 0.1) is 119 Å². The van der Waals surface area contributed by atoms with Crippen LogP contribution in [0, 0.1) is 5.41 Å². The summed E-state index contributed by atoms with van der Waals surface area (Å²) in [6.07, 6.45) is 6.80. The van der Waals surface area contributed by atoms with Crippen LogP contribution in [0.5, 0.6) is 0 Å². The molecule has 0 aliphatic rings. The molecule has 0 saturated carbocycles. The Bertz CT molecular complexity index is 1480. The maximum absolute atomic E-state index is 6.31. The minimum absolute atomic E-state index is 0.137. The Balaban J connectivity index is 1.30. The lowest BCUT2D eigenvalue weighted by Gasteiger charge is -2.38. The van der Waals surface area contributed by atoms with Gasteiger partial charge >= 0.3 is 0 Å². The number of rotatable bonds is 26. The van der Waals surface area contributed by atoms with Crippen LogP contribution in [0.1, 0.15) is 60.8 Å². The van der Waals surface area contributed by atoms with E-state index in [-0.39, 0.29) is 5.16 Å². The van der Waals surface area contributed by atoms with E-state index >= 15 is 0 Å². The summed E-state index contributed by atoms with van der Waals surface area (Å²) < 4.78 is 29.1. The molecule has 4 aromatic carbocycles. The second-order valence-electron chi connectivity index (χ2n) is 16.5. The first kappa shape index (κ1) is 45.2. The van der Waals surface area contributed by atoms with E-state index in [0.29, 0.717) is 64.9 Å². The third kappa shape index (κ3) is 14.5. The van der Waals surface area contributed by atoms with Gasteiger partial charge in [-0.15, -0.1) is 0 Å². The van der Waals surface area contributed by atoms with Crippen LogP contribution in [0.25, 0.3) is 0 Å². The van der Waals surface area contributed by atoms with Crippen molar-refractivity contribution in [3.8, 4) is 0 Å². The molecular formula is C48H70O5P2+2. The standard InChI is InChI=1S/C48H70O5P2/c1-47(2,3)29-30-49-31-32-50-33-34-51-35-36-52-37-38-53-39-42-54(43-21-11-7-12-22-43,44-23-13-8-14-24-44)40-19-20-41-55(48(4,5)6,45-25-15-9-16-26-45)46-27-17-10-18-28-46/h7-18,21-28H,19-20,29-42H2,1-6H3/q+2. The van der Waals surface area contributed by atoms with Crippen molar-refractivity contribution in [3.63, 3.8) is 0 Å². The van der Waals surface area contributed by atoms with Crippen LogP contribution >= 0.6 is 14.5 Å². The Morgan fingerprint density at radius 2 is 0.691 bits per heavy atom. The second kappa shape index (κ2) is 23.7. The molecule has 0 fully saturated rings. The molecule has 0 aliphatic carbocycles. The summed E-state index contributed by atoms with van der Waals surface area (Å²) >= 11 is 0. The van der Waals surface area contributed by atoms with Gasteiger partial charge in [-0.2, -0.15) is 0 Å². The fourth-order valence-electron chi connectivity index (χ4n) is 7.40. The molecule has 0 heterocycles. The van der Waals surface area contributed by atoms with Gasteiger partial charge in [0.2, 0.25) is 0 Å². The Morgan fingerprint density at radius 3 is 1.05 bits per heavy atom. The topological polar surface area (TPSA) is 46.2 Å². The zero-order chi connectivity index (χ0) is 39.3. The predicted octanol–water partition coefficient (Wildman–Crippen LogP) is 9.42. The van der Waals surface area contributed by atoms with Crippen molar-refractivity contribution in [2.24, 2.45) is 5.41 Å². The normalized spacial score (nSPS) is 12.6. The fraction of sp³-hybridized carbons (Fsp3) is 0.500. The molecule has 0 atom stereocenters. The summed E-state index contributed by atoms with van der Waals surface area (Å²) in [5.41, 5.74) is 0.301. The van der Waals surface area contributed by atoms with E-state index in [2.05, 4.69) is 163 Å². The number of ether oxygens (including phenoxy) is 5. The molecule has 7 heteroatoms. The summed E-state index contributed by atoms with van der Waals surface area (Å²) in [6, 6.07) is 45.3. The lowest BCUT2D eigenvalue weighted by molar-refractivity contribution is -0.0115.